The number of carbonyl (C=O) groups is 1. The van der Waals surface area contributed by atoms with Crippen LogP contribution >= 0.6 is 34.8 Å². The first-order valence-electron chi connectivity index (χ1n) is 7.65. The van der Waals surface area contributed by atoms with Gasteiger partial charge in [0, 0.05) is 21.2 Å². The smallest absolute Gasteiger partial charge is 0.263 e. The summed E-state index contributed by atoms with van der Waals surface area (Å²) >= 11 is 17.8. The fourth-order valence-electron chi connectivity index (χ4n) is 2.43. The van der Waals surface area contributed by atoms with Gasteiger partial charge in [-0.1, -0.05) is 65.1 Å². The predicted octanol–water partition coefficient (Wildman–Crippen LogP) is 5.68. The van der Waals surface area contributed by atoms with E-state index in [1.807, 2.05) is 0 Å². The number of sulfonamides is 1. The molecular formula is C19H12Cl3NO3S. The number of carbonyl (C=O) groups excluding carboxylic acids is 1. The van der Waals surface area contributed by atoms with Crippen molar-refractivity contribution in [3.05, 3.63) is 92.9 Å². The number of halogens is 3. The molecule has 0 aliphatic carbocycles. The summed E-state index contributed by atoms with van der Waals surface area (Å²) in [6, 6.07) is 16.9. The Balaban J connectivity index is 2.04. The first-order chi connectivity index (χ1) is 12.8. The van der Waals surface area contributed by atoms with E-state index < -0.39 is 10.0 Å². The molecule has 0 fully saturated rings. The molecule has 0 aromatic heterocycles. The maximum atomic E-state index is 12.8. The minimum Gasteiger partial charge on any atom is -0.289 e. The van der Waals surface area contributed by atoms with Crippen LogP contribution in [0.15, 0.2) is 71.6 Å². The molecular weight excluding hydrogens is 429 g/mol. The molecule has 0 aliphatic rings. The van der Waals surface area contributed by atoms with Crippen LogP contribution in [0.1, 0.15) is 15.9 Å². The van der Waals surface area contributed by atoms with Gasteiger partial charge in [0.25, 0.3) is 10.0 Å². The molecule has 0 amide bonds. The maximum absolute atomic E-state index is 12.8. The number of anilines is 1. The fourth-order valence-corrected chi connectivity index (χ4v) is 4.46. The lowest BCUT2D eigenvalue weighted by atomic mass is 10.0. The zero-order chi connectivity index (χ0) is 19.6. The summed E-state index contributed by atoms with van der Waals surface area (Å²) < 4.78 is 27.9. The Labute approximate surface area is 171 Å². The number of nitrogens with one attached hydrogen (secondary N) is 1. The van der Waals surface area contributed by atoms with Crippen molar-refractivity contribution >= 4 is 56.3 Å². The van der Waals surface area contributed by atoms with Crippen LogP contribution in [0, 0.1) is 0 Å². The second kappa shape index (κ2) is 7.90. The summed E-state index contributed by atoms with van der Waals surface area (Å²) in [5.74, 6) is -0.363. The molecule has 3 rings (SSSR count). The average Bonchev–Trinajstić information content (AvgIpc) is 2.63. The van der Waals surface area contributed by atoms with Gasteiger partial charge < -0.3 is 0 Å². The molecule has 1 N–H and O–H groups in total. The molecule has 0 bridgehead atoms. The molecule has 0 saturated carbocycles. The Morgan fingerprint density at radius 1 is 0.815 bits per heavy atom. The van der Waals surface area contributed by atoms with Gasteiger partial charge in [0.05, 0.1) is 10.7 Å². The van der Waals surface area contributed by atoms with E-state index in [1.165, 1.54) is 36.4 Å². The van der Waals surface area contributed by atoms with E-state index in [4.69, 9.17) is 34.8 Å². The van der Waals surface area contributed by atoms with Crippen molar-refractivity contribution in [3.8, 4) is 0 Å². The van der Waals surface area contributed by atoms with Crippen molar-refractivity contribution in [1.29, 1.82) is 0 Å². The lowest BCUT2D eigenvalue weighted by molar-refractivity contribution is 0.103. The summed E-state index contributed by atoms with van der Waals surface area (Å²) in [5.41, 5.74) is 0.631. The van der Waals surface area contributed by atoms with Gasteiger partial charge in [-0.25, -0.2) is 8.42 Å². The molecule has 0 heterocycles. The summed E-state index contributed by atoms with van der Waals surface area (Å²) in [5, 5.41) is 0.590. The Hall–Kier alpha value is -2.05. The Morgan fingerprint density at radius 2 is 1.44 bits per heavy atom. The predicted molar refractivity (Wildman–Crippen MR) is 109 cm³/mol. The number of hydrogen-bond acceptors (Lipinski definition) is 3. The van der Waals surface area contributed by atoms with E-state index in [-0.39, 0.29) is 27.0 Å². The van der Waals surface area contributed by atoms with Crippen LogP contribution in [0.4, 0.5) is 5.69 Å². The summed E-state index contributed by atoms with van der Waals surface area (Å²) in [6.45, 7) is 0. The quantitative estimate of drug-likeness (QED) is 0.519. The molecule has 27 heavy (non-hydrogen) atoms. The van der Waals surface area contributed by atoms with Gasteiger partial charge in [0.1, 0.15) is 4.90 Å². The molecule has 0 spiro atoms. The first-order valence-corrected chi connectivity index (χ1v) is 10.3. The van der Waals surface area contributed by atoms with Gasteiger partial charge in [-0.05, 0) is 36.4 Å². The van der Waals surface area contributed by atoms with E-state index >= 15 is 0 Å². The SMILES string of the molecule is O=C(c1ccccc1)c1cc(Cl)ccc1NS(=O)(=O)c1ccc(Cl)cc1Cl. The van der Waals surface area contributed by atoms with Gasteiger partial charge in [0.2, 0.25) is 0 Å². The first kappa shape index (κ1) is 19.7. The van der Waals surface area contributed by atoms with E-state index in [2.05, 4.69) is 4.72 Å². The van der Waals surface area contributed by atoms with Crippen LogP contribution in [0.3, 0.4) is 0 Å². The van der Waals surface area contributed by atoms with Crippen LogP contribution < -0.4 is 4.72 Å². The van der Waals surface area contributed by atoms with Crippen molar-refractivity contribution < 1.29 is 13.2 Å². The maximum Gasteiger partial charge on any atom is 0.263 e. The van der Waals surface area contributed by atoms with Crippen LogP contribution in [-0.4, -0.2) is 14.2 Å². The molecule has 0 radical (unpaired) electrons. The lowest BCUT2D eigenvalue weighted by Gasteiger charge is -2.13. The van der Waals surface area contributed by atoms with Crippen molar-refractivity contribution in [2.75, 3.05) is 4.72 Å². The molecule has 3 aromatic rings. The van der Waals surface area contributed by atoms with E-state index in [1.54, 1.807) is 30.3 Å². The van der Waals surface area contributed by atoms with Crippen LogP contribution in [0.2, 0.25) is 15.1 Å². The van der Waals surface area contributed by atoms with Crippen molar-refractivity contribution in [2.24, 2.45) is 0 Å². The molecule has 138 valence electrons. The lowest BCUT2D eigenvalue weighted by Crippen LogP contribution is -2.16. The second-order valence-corrected chi connectivity index (χ2v) is 8.50. The number of benzene rings is 3. The molecule has 0 aliphatic heterocycles. The van der Waals surface area contributed by atoms with Crippen molar-refractivity contribution in [1.82, 2.24) is 0 Å². The van der Waals surface area contributed by atoms with E-state index in [0.29, 0.717) is 15.6 Å². The van der Waals surface area contributed by atoms with Gasteiger partial charge >= 0.3 is 0 Å². The largest absolute Gasteiger partial charge is 0.289 e. The zero-order valence-electron chi connectivity index (χ0n) is 13.6. The van der Waals surface area contributed by atoms with Gasteiger partial charge in [0.15, 0.2) is 5.78 Å². The van der Waals surface area contributed by atoms with E-state index in [0.717, 1.165) is 0 Å². The fraction of sp³-hybridized carbons (Fsp3) is 0. The van der Waals surface area contributed by atoms with Gasteiger partial charge in [-0.15, -0.1) is 0 Å². The third kappa shape index (κ3) is 4.45. The summed E-state index contributed by atoms with van der Waals surface area (Å²) in [7, 11) is -4.05. The van der Waals surface area contributed by atoms with Crippen LogP contribution in [0.25, 0.3) is 0 Å². The standard InChI is InChI=1S/C19H12Cl3NO3S/c20-13-6-8-17(15(10-13)19(24)12-4-2-1-3-5-12)23-27(25,26)18-9-7-14(21)11-16(18)22/h1-11,23H. The van der Waals surface area contributed by atoms with Crippen molar-refractivity contribution in [3.63, 3.8) is 0 Å². The third-order valence-electron chi connectivity index (χ3n) is 3.69. The topological polar surface area (TPSA) is 63.2 Å². The molecule has 3 aromatic carbocycles. The number of ketones is 1. The monoisotopic (exact) mass is 439 g/mol. The molecule has 0 saturated heterocycles. The van der Waals surface area contributed by atoms with Crippen LogP contribution in [0.5, 0.6) is 0 Å². The Morgan fingerprint density at radius 3 is 2.11 bits per heavy atom. The van der Waals surface area contributed by atoms with Gasteiger partial charge in [-0.2, -0.15) is 0 Å². The van der Waals surface area contributed by atoms with Gasteiger partial charge in [-0.3, -0.25) is 9.52 Å². The molecule has 8 heteroatoms. The highest BCUT2D eigenvalue weighted by atomic mass is 35.5. The molecule has 0 unspecified atom stereocenters. The Kier molecular flexibility index (Phi) is 5.77. The zero-order valence-corrected chi connectivity index (χ0v) is 16.7. The highest BCUT2D eigenvalue weighted by molar-refractivity contribution is 7.92. The second-order valence-electron chi connectivity index (χ2n) is 5.57. The number of hydrogen-bond donors (Lipinski definition) is 1. The highest BCUT2D eigenvalue weighted by Crippen LogP contribution is 2.29. The van der Waals surface area contributed by atoms with E-state index in [9.17, 15) is 13.2 Å². The molecule has 4 nitrogen and oxygen atoms in total. The Bertz CT molecular complexity index is 1120. The minimum absolute atomic E-state index is 0.0279. The summed E-state index contributed by atoms with van der Waals surface area (Å²) in [6.07, 6.45) is 0. The molecule has 0 atom stereocenters. The normalized spacial score (nSPS) is 11.2. The number of rotatable bonds is 5. The highest BCUT2D eigenvalue weighted by Gasteiger charge is 2.22. The average molecular weight is 441 g/mol. The van der Waals surface area contributed by atoms with Crippen LogP contribution in [-0.2, 0) is 10.0 Å². The van der Waals surface area contributed by atoms with Crippen molar-refractivity contribution in [2.45, 2.75) is 4.90 Å². The third-order valence-corrected chi connectivity index (χ3v) is 6.01. The summed E-state index contributed by atoms with van der Waals surface area (Å²) in [4.78, 5) is 12.7. The minimum atomic E-state index is -4.05.